The first kappa shape index (κ1) is 23.4. The van der Waals surface area contributed by atoms with E-state index in [1.54, 1.807) is 13.1 Å². The summed E-state index contributed by atoms with van der Waals surface area (Å²) in [5, 5.41) is 0.849. The maximum Gasteiger partial charge on any atom is 0.307 e. The van der Waals surface area contributed by atoms with E-state index in [0.29, 0.717) is 30.6 Å². The first-order chi connectivity index (χ1) is 14.9. The average molecular weight is 444 g/mol. The second kappa shape index (κ2) is 10.9. The molecule has 1 amide bonds. The van der Waals surface area contributed by atoms with Gasteiger partial charge < -0.3 is 9.64 Å². The van der Waals surface area contributed by atoms with Crippen molar-refractivity contribution in [3.63, 3.8) is 0 Å². The monoisotopic (exact) mass is 443 g/mol. The van der Waals surface area contributed by atoms with Gasteiger partial charge in [-0.3, -0.25) is 14.5 Å². The van der Waals surface area contributed by atoms with Gasteiger partial charge in [0.1, 0.15) is 9.88 Å². The predicted octanol–water partition coefficient (Wildman–Crippen LogP) is 4.31. The highest BCUT2D eigenvalue weighted by atomic mass is 32.1. The summed E-state index contributed by atoms with van der Waals surface area (Å²) in [5.74, 6) is -0.319. The molecule has 7 heteroatoms. The maximum absolute atomic E-state index is 13.4. The number of nitrogens with zero attached hydrogens (tertiary/aromatic N) is 3. The van der Waals surface area contributed by atoms with Crippen LogP contribution in [0, 0.1) is 13.8 Å². The van der Waals surface area contributed by atoms with Crippen molar-refractivity contribution >= 4 is 23.2 Å². The van der Waals surface area contributed by atoms with Gasteiger partial charge in [-0.05, 0) is 52.3 Å². The molecule has 0 spiro atoms. The molecule has 0 unspecified atom stereocenters. The molecule has 1 aliphatic rings. The van der Waals surface area contributed by atoms with Crippen LogP contribution in [0.25, 0.3) is 10.6 Å². The number of thiazole rings is 1. The molecular formula is C24H33N3O3S. The van der Waals surface area contributed by atoms with Crippen LogP contribution in [0.2, 0.25) is 0 Å². The van der Waals surface area contributed by atoms with Gasteiger partial charge in [-0.2, -0.15) is 0 Å². The number of aryl methyl sites for hydroxylation is 2. The number of carbonyl (C=O) groups is 2. The molecule has 1 aliphatic heterocycles. The summed E-state index contributed by atoms with van der Waals surface area (Å²) in [6.07, 6.45) is 4.11. The van der Waals surface area contributed by atoms with E-state index in [1.807, 2.05) is 4.90 Å². The number of hydrogen-bond donors (Lipinski definition) is 0. The molecule has 1 saturated heterocycles. The van der Waals surface area contributed by atoms with Gasteiger partial charge in [0.2, 0.25) is 0 Å². The van der Waals surface area contributed by atoms with E-state index in [9.17, 15) is 9.59 Å². The average Bonchev–Trinajstić information content (AvgIpc) is 3.40. The predicted molar refractivity (Wildman–Crippen MR) is 124 cm³/mol. The van der Waals surface area contributed by atoms with Crippen LogP contribution in [0.5, 0.6) is 0 Å². The quantitative estimate of drug-likeness (QED) is 0.541. The molecule has 1 fully saturated rings. The standard InChI is InChI=1S/C24H33N3O3S/c1-5-26-12-7-8-19(26)16-27(13-11-22(28)30-6-2)24(29)21-15-25-23(31-21)20-10-9-17(3)14-18(20)4/h9-10,14-15,19H,5-8,11-13,16H2,1-4H3/t19-/m1/s1. The lowest BCUT2D eigenvalue weighted by Crippen LogP contribution is -2.43. The van der Waals surface area contributed by atoms with Crippen LogP contribution >= 0.6 is 11.3 Å². The third-order valence-corrected chi connectivity index (χ3v) is 6.86. The summed E-state index contributed by atoms with van der Waals surface area (Å²) in [6.45, 7) is 11.5. The zero-order valence-electron chi connectivity index (χ0n) is 19.0. The fourth-order valence-corrected chi connectivity index (χ4v) is 5.19. The normalized spacial score (nSPS) is 16.5. The van der Waals surface area contributed by atoms with Crippen LogP contribution in [-0.2, 0) is 9.53 Å². The zero-order chi connectivity index (χ0) is 22.4. The number of amides is 1. The Morgan fingerprint density at radius 1 is 1.29 bits per heavy atom. The minimum absolute atomic E-state index is 0.0548. The summed E-state index contributed by atoms with van der Waals surface area (Å²) in [6, 6.07) is 6.59. The van der Waals surface area contributed by atoms with E-state index < -0.39 is 0 Å². The van der Waals surface area contributed by atoms with Crippen molar-refractivity contribution in [2.45, 2.75) is 53.0 Å². The maximum atomic E-state index is 13.4. The lowest BCUT2D eigenvalue weighted by Gasteiger charge is -2.30. The van der Waals surface area contributed by atoms with Crippen molar-refractivity contribution in [2.24, 2.45) is 0 Å². The topological polar surface area (TPSA) is 62.7 Å². The van der Waals surface area contributed by atoms with E-state index in [4.69, 9.17) is 4.74 Å². The molecule has 168 valence electrons. The minimum atomic E-state index is -0.264. The van der Waals surface area contributed by atoms with Gasteiger partial charge in [-0.15, -0.1) is 11.3 Å². The van der Waals surface area contributed by atoms with Crippen molar-refractivity contribution in [1.82, 2.24) is 14.8 Å². The number of likely N-dealkylation sites (N-methyl/N-ethyl adjacent to an activating group) is 1. The Morgan fingerprint density at radius 2 is 2.10 bits per heavy atom. The number of likely N-dealkylation sites (tertiary alicyclic amines) is 1. The summed E-state index contributed by atoms with van der Waals surface area (Å²) in [4.78, 5) is 34.7. The smallest absolute Gasteiger partial charge is 0.307 e. The van der Waals surface area contributed by atoms with Gasteiger partial charge in [0.25, 0.3) is 5.91 Å². The lowest BCUT2D eigenvalue weighted by molar-refractivity contribution is -0.143. The summed E-state index contributed by atoms with van der Waals surface area (Å²) in [5.41, 5.74) is 3.41. The Morgan fingerprint density at radius 3 is 2.81 bits per heavy atom. The second-order valence-corrected chi connectivity index (χ2v) is 9.11. The van der Waals surface area contributed by atoms with E-state index >= 15 is 0 Å². The molecule has 1 atom stereocenters. The van der Waals surface area contributed by atoms with Gasteiger partial charge in [0.05, 0.1) is 19.2 Å². The molecule has 2 aromatic rings. The fraction of sp³-hybridized carbons (Fsp3) is 0.542. The van der Waals surface area contributed by atoms with Crippen LogP contribution in [0.1, 0.15) is 53.9 Å². The largest absolute Gasteiger partial charge is 0.466 e. The van der Waals surface area contributed by atoms with Gasteiger partial charge in [-0.25, -0.2) is 4.98 Å². The van der Waals surface area contributed by atoms with Crippen LogP contribution < -0.4 is 0 Å². The number of benzene rings is 1. The molecule has 0 saturated carbocycles. The molecule has 3 rings (SSSR count). The van der Waals surface area contributed by atoms with E-state index in [1.165, 1.54) is 16.9 Å². The van der Waals surface area contributed by atoms with Crippen molar-refractivity contribution in [1.29, 1.82) is 0 Å². The number of aromatic nitrogens is 1. The van der Waals surface area contributed by atoms with Crippen molar-refractivity contribution in [3.05, 3.63) is 40.4 Å². The Hall–Kier alpha value is -2.25. The molecule has 31 heavy (non-hydrogen) atoms. The number of hydrogen-bond acceptors (Lipinski definition) is 6. The van der Waals surface area contributed by atoms with Gasteiger partial charge in [-0.1, -0.05) is 30.7 Å². The summed E-state index contributed by atoms with van der Waals surface area (Å²) < 4.78 is 5.08. The SMILES string of the molecule is CCOC(=O)CCN(C[C@H]1CCCN1CC)C(=O)c1cnc(-c2ccc(C)cc2C)s1. The Balaban J connectivity index is 1.78. The van der Waals surface area contributed by atoms with E-state index in [2.05, 4.69) is 48.9 Å². The van der Waals surface area contributed by atoms with Gasteiger partial charge in [0.15, 0.2) is 0 Å². The van der Waals surface area contributed by atoms with Crippen molar-refractivity contribution < 1.29 is 14.3 Å². The highest BCUT2D eigenvalue weighted by Gasteiger charge is 2.29. The fourth-order valence-electron chi connectivity index (χ4n) is 4.21. The van der Waals surface area contributed by atoms with E-state index in [0.717, 1.165) is 42.1 Å². The molecule has 2 heterocycles. The lowest BCUT2D eigenvalue weighted by atomic mass is 10.1. The summed E-state index contributed by atoms with van der Waals surface area (Å²) in [7, 11) is 0. The summed E-state index contributed by atoms with van der Waals surface area (Å²) >= 11 is 1.42. The molecule has 0 radical (unpaired) electrons. The Bertz CT molecular complexity index is 911. The Kier molecular flexibility index (Phi) is 8.21. The minimum Gasteiger partial charge on any atom is -0.466 e. The molecule has 0 aliphatic carbocycles. The number of esters is 1. The first-order valence-electron chi connectivity index (χ1n) is 11.1. The van der Waals surface area contributed by atoms with Crippen LogP contribution in [-0.4, -0.2) is 65.5 Å². The molecule has 6 nitrogen and oxygen atoms in total. The first-order valence-corrected chi connectivity index (χ1v) is 12.0. The third-order valence-electron chi connectivity index (χ3n) is 5.84. The number of rotatable bonds is 9. The van der Waals surface area contributed by atoms with Crippen molar-refractivity contribution in [2.75, 3.05) is 32.8 Å². The number of carbonyl (C=O) groups excluding carboxylic acids is 2. The van der Waals surface area contributed by atoms with E-state index in [-0.39, 0.29) is 18.3 Å². The highest BCUT2D eigenvalue weighted by molar-refractivity contribution is 7.16. The van der Waals surface area contributed by atoms with Gasteiger partial charge in [0, 0.05) is 24.7 Å². The molecule has 0 bridgehead atoms. The van der Waals surface area contributed by atoms with Crippen LogP contribution in [0.4, 0.5) is 0 Å². The molecule has 1 aromatic carbocycles. The zero-order valence-corrected chi connectivity index (χ0v) is 19.8. The van der Waals surface area contributed by atoms with Crippen LogP contribution in [0.15, 0.2) is 24.4 Å². The molecule has 0 N–H and O–H groups in total. The Labute approximate surface area is 189 Å². The van der Waals surface area contributed by atoms with Crippen LogP contribution in [0.3, 0.4) is 0 Å². The highest BCUT2D eigenvalue weighted by Crippen LogP contribution is 2.29. The molecular weight excluding hydrogens is 410 g/mol. The van der Waals surface area contributed by atoms with Crippen molar-refractivity contribution in [3.8, 4) is 10.6 Å². The van der Waals surface area contributed by atoms with Gasteiger partial charge >= 0.3 is 5.97 Å². The molecule has 1 aromatic heterocycles. The third kappa shape index (κ3) is 5.92. The number of ether oxygens (including phenoxy) is 1. The second-order valence-electron chi connectivity index (χ2n) is 8.08.